The molecule has 118 valence electrons. The molecule has 21 heavy (non-hydrogen) atoms. The Morgan fingerprint density at radius 3 is 2.48 bits per heavy atom. The quantitative estimate of drug-likeness (QED) is 0.620. The van der Waals surface area contributed by atoms with Crippen LogP contribution in [0.1, 0.15) is 25.0 Å². The van der Waals surface area contributed by atoms with E-state index in [4.69, 9.17) is 0 Å². The van der Waals surface area contributed by atoms with Crippen molar-refractivity contribution in [2.24, 2.45) is 0 Å². The molecule has 0 aromatic heterocycles. The molecule has 8 heteroatoms. The topological polar surface area (TPSA) is 46.6 Å². The Hall–Kier alpha value is -1.28. The number of halogens is 3. The number of likely N-dealkylation sites (N-methyl/N-ethyl adjacent to an activating group) is 1. The highest BCUT2D eigenvalue weighted by Crippen LogP contribution is 2.36. The zero-order valence-corrected chi connectivity index (χ0v) is 12.7. The van der Waals surface area contributed by atoms with Crippen LogP contribution in [0.2, 0.25) is 0 Å². The van der Waals surface area contributed by atoms with Gasteiger partial charge >= 0.3 is 15.6 Å². The lowest BCUT2D eigenvalue weighted by Crippen LogP contribution is -2.43. The summed E-state index contributed by atoms with van der Waals surface area (Å²) in [6.45, 7) is 4.73. The molecule has 0 fully saturated rings. The standard InChI is InChI=1S/C13H16F3NO3S/c1-12(2)11-5-4-10(8-9(11)6-7-17(12)3)20-21(18,19)13(14,15)16/h4-5,8H,6-7H2,1-3H3. The van der Waals surface area contributed by atoms with Gasteiger partial charge < -0.3 is 4.18 Å². The van der Waals surface area contributed by atoms with Crippen LogP contribution in [-0.2, 0) is 22.1 Å². The molecule has 1 aliphatic rings. The Kier molecular flexibility index (Phi) is 3.74. The summed E-state index contributed by atoms with van der Waals surface area (Å²) >= 11 is 0. The lowest BCUT2D eigenvalue weighted by atomic mass is 9.84. The minimum absolute atomic E-state index is 0.269. The van der Waals surface area contributed by atoms with E-state index in [0.29, 0.717) is 6.42 Å². The van der Waals surface area contributed by atoms with Gasteiger partial charge in [0.1, 0.15) is 5.75 Å². The van der Waals surface area contributed by atoms with Crippen LogP contribution in [0.5, 0.6) is 5.75 Å². The van der Waals surface area contributed by atoms with E-state index >= 15 is 0 Å². The van der Waals surface area contributed by atoms with Crippen LogP contribution < -0.4 is 4.18 Å². The van der Waals surface area contributed by atoms with Gasteiger partial charge in [0.2, 0.25) is 0 Å². The van der Waals surface area contributed by atoms with Crippen LogP contribution in [0, 0.1) is 0 Å². The lowest BCUT2D eigenvalue weighted by Gasteiger charge is -2.41. The molecule has 1 aliphatic heterocycles. The summed E-state index contributed by atoms with van der Waals surface area (Å²) < 4.78 is 63.1. The van der Waals surface area contributed by atoms with E-state index in [1.165, 1.54) is 12.1 Å². The number of nitrogens with zero attached hydrogens (tertiary/aromatic N) is 1. The van der Waals surface area contributed by atoms with E-state index in [-0.39, 0.29) is 11.3 Å². The first-order valence-electron chi connectivity index (χ1n) is 6.30. The van der Waals surface area contributed by atoms with Gasteiger partial charge in [-0.1, -0.05) is 6.07 Å². The highest BCUT2D eigenvalue weighted by Gasteiger charge is 2.48. The second-order valence-corrected chi connectivity index (χ2v) is 7.07. The van der Waals surface area contributed by atoms with E-state index in [1.807, 2.05) is 20.9 Å². The zero-order valence-electron chi connectivity index (χ0n) is 11.9. The summed E-state index contributed by atoms with van der Waals surface area (Å²) in [5.41, 5.74) is -3.95. The third-order valence-corrected chi connectivity index (χ3v) is 4.87. The second-order valence-electron chi connectivity index (χ2n) is 5.53. The SMILES string of the molecule is CN1CCc2cc(OS(=O)(=O)C(F)(F)F)ccc2C1(C)C. The van der Waals surface area contributed by atoms with Crippen molar-refractivity contribution in [3.63, 3.8) is 0 Å². The number of fused-ring (bicyclic) bond motifs is 1. The van der Waals surface area contributed by atoms with Gasteiger partial charge in [-0.05, 0) is 50.6 Å². The Labute approximate surface area is 121 Å². The minimum Gasteiger partial charge on any atom is -0.376 e. The molecule has 0 spiro atoms. The smallest absolute Gasteiger partial charge is 0.376 e. The first-order chi connectivity index (χ1) is 9.45. The summed E-state index contributed by atoms with van der Waals surface area (Å²) in [6, 6.07) is 4.24. The molecular weight excluding hydrogens is 307 g/mol. The first-order valence-corrected chi connectivity index (χ1v) is 7.71. The Balaban J connectivity index is 2.36. The Morgan fingerprint density at radius 1 is 1.29 bits per heavy atom. The monoisotopic (exact) mass is 323 g/mol. The van der Waals surface area contributed by atoms with Crippen molar-refractivity contribution in [3.8, 4) is 5.75 Å². The number of hydrogen-bond donors (Lipinski definition) is 0. The fourth-order valence-corrected chi connectivity index (χ4v) is 2.82. The molecule has 2 rings (SSSR count). The maximum atomic E-state index is 12.3. The number of benzene rings is 1. The van der Waals surface area contributed by atoms with Crippen LogP contribution >= 0.6 is 0 Å². The largest absolute Gasteiger partial charge is 0.534 e. The van der Waals surface area contributed by atoms with Gasteiger partial charge in [-0.3, -0.25) is 4.90 Å². The summed E-state index contributed by atoms with van der Waals surface area (Å²) in [7, 11) is -3.67. The van der Waals surface area contributed by atoms with Gasteiger partial charge in [0.15, 0.2) is 0 Å². The van der Waals surface area contributed by atoms with Crippen LogP contribution in [-0.4, -0.2) is 32.4 Å². The van der Waals surface area contributed by atoms with Gasteiger partial charge in [0.05, 0.1) is 0 Å². The molecule has 0 saturated carbocycles. The molecule has 0 bridgehead atoms. The van der Waals surface area contributed by atoms with Crippen LogP contribution in [0.3, 0.4) is 0 Å². The van der Waals surface area contributed by atoms with Crippen molar-refractivity contribution in [3.05, 3.63) is 29.3 Å². The average molecular weight is 323 g/mol. The summed E-state index contributed by atoms with van der Waals surface area (Å²) in [6.07, 6.45) is 0.624. The van der Waals surface area contributed by atoms with Crippen molar-refractivity contribution in [1.29, 1.82) is 0 Å². The van der Waals surface area contributed by atoms with Crippen LogP contribution in [0.4, 0.5) is 13.2 Å². The molecule has 0 amide bonds. The second kappa shape index (κ2) is 4.88. The molecule has 0 atom stereocenters. The minimum atomic E-state index is -5.63. The highest BCUT2D eigenvalue weighted by molar-refractivity contribution is 7.88. The third-order valence-electron chi connectivity index (χ3n) is 3.90. The molecule has 0 N–H and O–H groups in total. The Morgan fingerprint density at radius 2 is 1.90 bits per heavy atom. The predicted molar refractivity (Wildman–Crippen MR) is 71.4 cm³/mol. The highest BCUT2D eigenvalue weighted by atomic mass is 32.2. The molecule has 1 aromatic rings. The molecule has 0 unspecified atom stereocenters. The maximum absolute atomic E-state index is 12.3. The van der Waals surface area contributed by atoms with Crippen molar-refractivity contribution in [1.82, 2.24) is 4.90 Å². The van der Waals surface area contributed by atoms with Gasteiger partial charge in [-0.2, -0.15) is 21.6 Å². The number of alkyl halides is 3. The molecule has 4 nitrogen and oxygen atoms in total. The number of rotatable bonds is 2. The van der Waals surface area contributed by atoms with Crippen molar-refractivity contribution >= 4 is 10.1 Å². The van der Waals surface area contributed by atoms with Gasteiger partial charge in [0.25, 0.3) is 0 Å². The third kappa shape index (κ3) is 2.87. The van der Waals surface area contributed by atoms with E-state index in [2.05, 4.69) is 9.08 Å². The van der Waals surface area contributed by atoms with Crippen molar-refractivity contribution in [2.45, 2.75) is 31.3 Å². The maximum Gasteiger partial charge on any atom is 0.534 e. The molecule has 1 heterocycles. The van der Waals surface area contributed by atoms with Gasteiger partial charge in [-0.25, -0.2) is 0 Å². The summed E-state index contributed by atoms with van der Waals surface area (Å²) in [5.74, 6) is -0.313. The molecular formula is C13H16F3NO3S. The van der Waals surface area contributed by atoms with E-state index in [1.54, 1.807) is 6.07 Å². The normalized spacial score (nSPS) is 19.1. The van der Waals surface area contributed by atoms with E-state index < -0.39 is 15.6 Å². The zero-order chi connectivity index (χ0) is 16.1. The van der Waals surface area contributed by atoms with Gasteiger partial charge in [0, 0.05) is 12.1 Å². The molecule has 0 radical (unpaired) electrons. The van der Waals surface area contributed by atoms with Gasteiger partial charge in [-0.15, -0.1) is 0 Å². The Bertz CT molecular complexity index is 653. The molecule has 0 aliphatic carbocycles. The number of hydrogen-bond acceptors (Lipinski definition) is 4. The fraction of sp³-hybridized carbons (Fsp3) is 0.538. The van der Waals surface area contributed by atoms with Crippen LogP contribution in [0.25, 0.3) is 0 Å². The van der Waals surface area contributed by atoms with Crippen LogP contribution in [0.15, 0.2) is 18.2 Å². The fourth-order valence-electron chi connectivity index (χ4n) is 2.37. The predicted octanol–water partition coefficient (Wildman–Crippen LogP) is 2.64. The summed E-state index contributed by atoms with van der Waals surface area (Å²) in [4.78, 5) is 2.13. The van der Waals surface area contributed by atoms with Crippen molar-refractivity contribution < 1.29 is 25.8 Å². The molecule has 1 aromatic carbocycles. The average Bonchev–Trinajstić information content (AvgIpc) is 2.32. The first kappa shape index (κ1) is 16.1. The van der Waals surface area contributed by atoms with E-state index in [9.17, 15) is 21.6 Å². The molecule has 0 saturated heterocycles. The lowest BCUT2D eigenvalue weighted by molar-refractivity contribution is -0.0500. The summed E-state index contributed by atoms with van der Waals surface area (Å²) in [5, 5.41) is 0. The van der Waals surface area contributed by atoms with E-state index in [0.717, 1.165) is 17.7 Å². The van der Waals surface area contributed by atoms with Crippen molar-refractivity contribution in [2.75, 3.05) is 13.6 Å².